The maximum Gasteiger partial charge on any atom is 0.123 e. The van der Waals surface area contributed by atoms with Gasteiger partial charge < -0.3 is 10.5 Å². The second kappa shape index (κ2) is 6.62. The third-order valence-electron chi connectivity index (χ3n) is 3.60. The van der Waals surface area contributed by atoms with E-state index in [9.17, 15) is 4.39 Å². The maximum atomic E-state index is 13.2. The summed E-state index contributed by atoms with van der Waals surface area (Å²) < 4.78 is 20.3. The Morgan fingerprint density at radius 1 is 1.13 bits per heavy atom. The first-order valence-electron chi connectivity index (χ1n) is 7.40. The predicted octanol–water partition coefficient (Wildman–Crippen LogP) is 3.19. The molecule has 4 nitrogen and oxygen atoms in total. The molecule has 0 amide bonds. The van der Waals surface area contributed by atoms with Crippen LogP contribution in [0.5, 0.6) is 5.75 Å². The molecule has 1 aromatic heterocycles. The van der Waals surface area contributed by atoms with Gasteiger partial charge in [0.2, 0.25) is 0 Å². The third kappa shape index (κ3) is 3.24. The molecule has 0 aliphatic heterocycles. The summed E-state index contributed by atoms with van der Waals surface area (Å²) >= 11 is 0. The van der Waals surface area contributed by atoms with Gasteiger partial charge in [-0.3, -0.25) is 0 Å². The molecular formula is C18H18FN3O. The number of nitrogens with zero attached hydrogens (tertiary/aromatic N) is 2. The second-order valence-electron chi connectivity index (χ2n) is 5.18. The van der Waals surface area contributed by atoms with Crippen LogP contribution in [0.1, 0.15) is 5.69 Å². The highest BCUT2D eigenvalue weighted by atomic mass is 19.1. The molecule has 0 saturated carbocycles. The fourth-order valence-corrected chi connectivity index (χ4v) is 2.47. The molecule has 0 radical (unpaired) electrons. The van der Waals surface area contributed by atoms with Gasteiger partial charge in [0.25, 0.3) is 0 Å². The van der Waals surface area contributed by atoms with E-state index in [0.717, 1.165) is 28.4 Å². The van der Waals surface area contributed by atoms with Gasteiger partial charge in [-0.05, 0) is 49.0 Å². The SMILES string of the molecule is COc1cccc(-n2nc(CCN)cc2-c2ccc(F)cc2)c1. The van der Waals surface area contributed by atoms with E-state index < -0.39 is 0 Å². The highest BCUT2D eigenvalue weighted by Gasteiger charge is 2.12. The number of halogens is 1. The highest BCUT2D eigenvalue weighted by Crippen LogP contribution is 2.26. The Balaban J connectivity index is 2.12. The summed E-state index contributed by atoms with van der Waals surface area (Å²) in [7, 11) is 1.63. The third-order valence-corrected chi connectivity index (χ3v) is 3.60. The lowest BCUT2D eigenvalue weighted by Crippen LogP contribution is -2.04. The molecule has 3 aromatic rings. The van der Waals surface area contributed by atoms with Crippen molar-refractivity contribution in [3.05, 3.63) is 66.1 Å². The van der Waals surface area contributed by atoms with E-state index in [1.165, 1.54) is 12.1 Å². The number of methoxy groups -OCH3 is 1. The average Bonchev–Trinajstić information content (AvgIpc) is 3.00. The molecule has 0 fully saturated rings. The quantitative estimate of drug-likeness (QED) is 0.787. The molecule has 5 heteroatoms. The molecule has 2 N–H and O–H groups in total. The van der Waals surface area contributed by atoms with Crippen molar-refractivity contribution in [2.45, 2.75) is 6.42 Å². The standard InChI is InChI=1S/C18H18FN3O/c1-23-17-4-2-3-16(12-17)22-18(11-15(21-22)9-10-20)13-5-7-14(19)8-6-13/h2-8,11-12H,9-10,20H2,1H3. The first-order valence-corrected chi connectivity index (χ1v) is 7.40. The Bertz CT molecular complexity index is 796. The first kappa shape index (κ1) is 15.2. The molecule has 1 heterocycles. The number of hydrogen-bond donors (Lipinski definition) is 1. The van der Waals surface area contributed by atoms with Gasteiger partial charge in [-0.25, -0.2) is 9.07 Å². The van der Waals surface area contributed by atoms with Crippen LogP contribution in [0.25, 0.3) is 16.9 Å². The summed E-state index contributed by atoms with van der Waals surface area (Å²) in [5.74, 6) is 0.492. The van der Waals surface area contributed by atoms with Crippen molar-refractivity contribution >= 4 is 0 Å². The number of benzene rings is 2. The molecule has 0 atom stereocenters. The van der Waals surface area contributed by atoms with Crippen molar-refractivity contribution in [3.8, 4) is 22.7 Å². The summed E-state index contributed by atoms with van der Waals surface area (Å²) in [6.07, 6.45) is 0.686. The van der Waals surface area contributed by atoms with E-state index >= 15 is 0 Å². The summed E-state index contributed by atoms with van der Waals surface area (Å²) in [6, 6.07) is 16.0. The molecule has 23 heavy (non-hydrogen) atoms. The largest absolute Gasteiger partial charge is 0.497 e. The van der Waals surface area contributed by atoms with Crippen molar-refractivity contribution in [2.75, 3.05) is 13.7 Å². The number of hydrogen-bond acceptors (Lipinski definition) is 3. The monoisotopic (exact) mass is 311 g/mol. The van der Waals surface area contributed by atoms with Gasteiger partial charge in [0.15, 0.2) is 0 Å². The van der Waals surface area contributed by atoms with Crippen LogP contribution in [0, 0.1) is 5.82 Å². The van der Waals surface area contributed by atoms with E-state index in [1.54, 1.807) is 19.2 Å². The molecule has 3 rings (SSSR count). The van der Waals surface area contributed by atoms with E-state index in [4.69, 9.17) is 10.5 Å². The van der Waals surface area contributed by atoms with E-state index in [0.29, 0.717) is 13.0 Å². The van der Waals surface area contributed by atoms with Crippen LogP contribution < -0.4 is 10.5 Å². The molecular weight excluding hydrogens is 293 g/mol. The fourth-order valence-electron chi connectivity index (χ4n) is 2.47. The van der Waals surface area contributed by atoms with Crippen LogP contribution in [0.3, 0.4) is 0 Å². The predicted molar refractivity (Wildman–Crippen MR) is 88.3 cm³/mol. The summed E-state index contributed by atoms with van der Waals surface area (Å²) in [4.78, 5) is 0. The average molecular weight is 311 g/mol. The highest BCUT2D eigenvalue weighted by molar-refractivity contribution is 5.63. The topological polar surface area (TPSA) is 53.1 Å². The zero-order chi connectivity index (χ0) is 16.2. The summed E-state index contributed by atoms with van der Waals surface area (Å²) in [6.45, 7) is 0.526. The van der Waals surface area contributed by atoms with Crippen LogP contribution in [0.4, 0.5) is 4.39 Å². The Morgan fingerprint density at radius 3 is 2.61 bits per heavy atom. The number of aromatic nitrogens is 2. The van der Waals surface area contributed by atoms with Gasteiger partial charge in [-0.15, -0.1) is 0 Å². The first-order chi connectivity index (χ1) is 11.2. The van der Waals surface area contributed by atoms with Gasteiger partial charge in [0.1, 0.15) is 11.6 Å². The van der Waals surface area contributed by atoms with E-state index in [2.05, 4.69) is 5.10 Å². The van der Waals surface area contributed by atoms with Crippen LogP contribution in [-0.4, -0.2) is 23.4 Å². The lowest BCUT2D eigenvalue weighted by Gasteiger charge is -2.09. The summed E-state index contributed by atoms with van der Waals surface area (Å²) in [5.41, 5.74) is 9.21. The second-order valence-corrected chi connectivity index (χ2v) is 5.18. The van der Waals surface area contributed by atoms with Gasteiger partial charge in [-0.2, -0.15) is 5.10 Å². The number of rotatable bonds is 5. The van der Waals surface area contributed by atoms with Crippen LogP contribution in [-0.2, 0) is 6.42 Å². The van der Waals surface area contributed by atoms with Gasteiger partial charge in [0, 0.05) is 18.1 Å². The number of nitrogens with two attached hydrogens (primary N) is 1. The smallest absolute Gasteiger partial charge is 0.123 e. The molecule has 0 spiro atoms. The van der Waals surface area contributed by atoms with Gasteiger partial charge in [-0.1, -0.05) is 6.07 Å². The molecule has 2 aromatic carbocycles. The van der Waals surface area contributed by atoms with Crippen LogP contribution >= 0.6 is 0 Å². The van der Waals surface area contributed by atoms with Gasteiger partial charge >= 0.3 is 0 Å². The molecule has 0 aliphatic carbocycles. The van der Waals surface area contributed by atoms with Crippen molar-refractivity contribution in [2.24, 2.45) is 5.73 Å². The maximum absolute atomic E-state index is 13.2. The molecule has 0 aliphatic rings. The fraction of sp³-hybridized carbons (Fsp3) is 0.167. The lowest BCUT2D eigenvalue weighted by molar-refractivity contribution is 0.414. The zero-order valence-electron chi connectivity index (χ0n) is 12.9. The van der Waals surface area contributed by atoms with Crippen molar-refractivity contribution in [1.29, 1.82) is 0 Å². The molecule has 0 bridgehead atoms. The van der Waals surface area contributed by atoms with Crippen molar-refractivity contribution < 1.29 is 9.13 Å². The van der Waals surface area contributed by atoms with Crippen LogP contribution in [0.2, 0.25) is 0 Å². The van der Waals surface area contributed by atoms with Gasteiger partial charge in [0.05, 0.1) is 24.2 Å². The molecule has 118 valence electrons. The van der Waals surface area contributed by atoms with E-state index in [-0.39, 0.29) is 5.82 Å². The Kier molecular flexibility index (Phi) is 4.39. The molecule has 0 saturated heterocycles. The Hall–Kier alpha value is -2.66. The lowest BCUT2D eigenvalue weighted by atomic mass is 10.1. The minimum Gasteiger partial charge on any atom is -0.497 e. The molecule has 0 unspecified atom stereocenters. The number of ether oxygens (including phenoxy) is 1. The summed E-state index contributed by atoms with van der Waals surface area (Å²) in [5, 5.41) is 4.63. The zero-order valence-corrected chi connectivity index (χ0v) is 12.9. The Morgan fingerprint density at radius 2 is 1.91 bits per heavy atom. The minimum atomic E-state index is -0.261. The van der Waals surface area contributed by atoms with Crippen LogP contribution in [0.15, 0.2) is 54.6 Å². The van der Waals surface area contributed by atoms with E-state index in [1.807, 2.05) is 35.0 Å². The van der Waals surface area contributed by atoms with Crippen molar-refractivity contribution in [1.82, 2.24) is 9.78 Å². The normalized spacial score (nSPS) is 10.7. The minimum absolute atomic E-state index is 0.261. The Labute approximate surface area is 134 Å². The van der Waals surface area contributed by atoms with Crippen molar-refractivity contribution in [3.63, 3.8) is 0 Å².